The van der Waals surface area contributed by atoms with Gasteiger partial charge in [-0.3, -0.25) is 25.0 Å². The number of esters is 1. The number of aromatic nitrogens is 1. The molecule has 0 bridgehead atoms. The van der Waals surface area contributed by atoms with Gasteiger partial charge < -0.3 is 10.1 Å². The molecule has 2 aromatic carbocycles. The van der Waals surface area contributed by atoms with Crippen LogP contribution in [0.25, 0.3) is 11.3 Å². The molecular weight excluding hydrogens is 460 g/mol. The maximum Gasteiger partial charge on any atom is 0.338 e. The average Bonchev–Trinajstić information content (AvgIpc) is 3.58. The highest BCUT2D eigenvalue weighted by Gasteiger charge is 2.29. The van der Waals surface area contributed by atoms with Crippen molar-refractivity contribution in [2.45, 2.75) is 25.9 Å². The second-order valence-electron chi connectivity index (χ2n) is 7.73. The summed E-state index contributed by atoms with van der Waals surface area (Å²) in [4.78, 5) is 51.7. The topological polar surface area (TPSA) is 141 Å². The molecule has 0 radical (unpaired) electrons. The summed E-state index contributed by atoms with van der Waals surface area (Å²) in [5, 5.41) is 18.2. The van der Waals surface area contributed by atoms with Gasteiger partial charge in [0.1, 0.15) is 0 Å². The number of carbonyl (C=O) groups is 3. The van der Waals surface area contributed by atoms with Gasteiger partial charge in [0, 0.05) is 34.7 Å². The molecule has 0 saturated heterocycles. The van der Waals surface area contributed by atoms with Crippen molar-refractivity contribution in [3.8, 4) is 11.3 Å². The van der Waals surface area contributed by atoms with E-state index in [-0.39, 0.29) is 28.2 Å². The molecule has 1 fully saturated rings. The zero-order chi connectivity index (χ0) is 24.2. The summed E-state index contributed by atoms with van der Waals surface area (Å²) in [7, 11) is 0. The number of thiazole rings is 1. The largest absolute Gasteiger partial charge is 0.449 e. The predicted octanol–water partition coefficient (Wildman–Crippen LogP) is 4.25. The van der Waals surface area contributed by atoms with Crippen LogP contribution >= 0.6 is 11.3 Å². The number of nitro groups is 1. The van der Waals surface area contributed by atoms with E-state index in [4.69, 9.17) is 4.74 Å². The van der Waals surface area contributed by atoms with Gasteiger partial charge in [-0.05, 0) is 38.0 Å². The van der Waals surface area contributed by atoms with Crippen LogP contribution in [0.1, 0.15) is 30.1 Å². The summed E-state index contributed by atoms with van der Waals surface area (Å²) in [5.41, 5.74) is 1.64. The highest BCUT2D eigenvalue weighted by atomic mass is 32.1. The highest BCUT2D eigenvalue weighted by molar-refractivity contribution is 7.14. The molecule has 10 nitrogen and oxygen atoms in total. The lowest BCUT2D eigenvalue weighted by molar-refractivity contribution is -0.384. The lowest BCUT2D eigenvalue weighted by atomic mass is 10.1. The minimum Gasteiger partial charge on any atom is -0.449 e. The highest BCUT2D eigenvalue weighted by Crippen LogP contribution is 2.30. The van der Waals surface area contributed by atoms with Gasteiger partial charge in [-0.25, -0.2) is 9.78 Å². The first-order valence-corrected chi connectivity index (χ1v) is 11.3. The number of benzene rings is 2. The second kappa shape index (κ2) is 9.79. The van der Waals surface area contributed by atoms with Crippen molar-refractivity contribution >= 4 is 45.6 Å². The summed E-state index contributed by atoms with van der Waals surface area (Å²) in [6, 6.07) is 12.3. The quantitative estimate of drug-likeness (QED) is 0.279. The molecule has 1 aromatic heterocycles. The van der Waals surface area contributed by atoms with Crippen LogP contribution in [0.4, 0.5) is 16.5 Å². The molecule has 1 aliphatic carbocycles. The molecule has 1 unspecified atom stereocenters. The molecule has 174 valence electrons. The Labute approximate surface area is 198 Å². The molecule has 1 saturated carbocycles. The fourth-order valence-electron chi connectivity index (χ4n) is 3.05. The normalized spacial score (nSPS) is 13.6. The molecule has 3 aromatic rings. The number of carbonyl (C=O) groups excluding carboxylic acids is 3. The Bertz CT molecular complexity index is 1270. The summed E-state index contributed by atoms with van der Waals surface area (Å²) in [6.45, 7) is 1.43. The number of amides is 2. The number of hydrogen-bond acceptors (Lipinski definition) is 8. The van der Waals surface area contributed by atoms with Crippen molar-refractivity contribution in [2.24, 2.45) is 5.92 Å². The Kier molecular flexibility index (Phi) is 6.64. The van der Waals surface area contributed by atoms with Crippen LogP contribution in [0.5, 0.6) is 0 Å². The number of nitrogens with zero attached hydrogens (tertiary/aromatic N) is 2. The molecule has 1 heterocycles. The smallest absolute Gasteiger partial charge is 0.338 e. The lowest BCUT2D eigenvalue weighted by Gasteiger charge is -2.13. The van der Waals surface area contributed by atoms with Crippen LogP contribution in [-0.2, 0) is 14.3 Å². The number of nitro benzene ring substituents is 1. The lowest BCUT2D eigenvalue weighted by Crippen LogP contribution is -2.30. The minimum absolute atomic E-state index is 0.0303. The molecule has 11 heteroatoms. The van der Waals surface area contributed by atoms with E-state index in [1.54, 1.807) is 29.6 Å². The number of non-ortho nitro benzene ring substituents is 1. The number of nitrogens with one attached hydrogen (secondary N) is 2. The third kappa shape index (κ3) is 5.62. The number of rotatable bonds is 8. The van der Waals surface area contributed by atoms with E-state index < -0.39 is 22.9 Å². The van der Waals surface area contributed by atoms with E-state index in [1.165, 1.54) is 31.2 Å². The summed E-state index contributed by atoms with van der Waals surface area (Å²) < 4.78 is 5.26. The first-order valence-electron chi connectivity index (χ1n) is 10.4. The molecule has 1 atom stereocenters. The van der Waals surface area contributed by atoms with Crippen LogP contribution in [0.3, 0.4) is 0 Å². The number of ether oxygens (including phenoxy) is 1. The summed E-state index contributed by atoms with van der Waals surface area (Å²) in [5.74, 6) is -1.33. The standard InChI is InChI=1S/C23H20N4O6S/c1-13(33-22(30)16-5-2-6-17(10-16)24-21(29)14-8-9-14)20(28)26-23-25-19(12-34-23)15-4-3-7-18(11-15)27(31)32/h2-7,10-14H,8-9H2,1H3,(H,24,29)(H,25,26,28). The van der Waals surface area contributed by atoms with E-state index in [0.29, 0.717) is 16.9 Å². The fraction of sp³-hybridized carbons (Fsp3) is 0.217. The van der Waals surface area contributed by atoms with Crippen molar-refractivity contribution in [2.75, 3.05) is 10.6 Å². The second-order valence-corrected chi connectivity index (χ2v) is 8.58. The van der Waals surface area contributed by atoms with E-state index in [0.717, 1.165) is 24.2 Å². The zero-order valence-electron chi connectivity index (χ0n) is 18.0. The molecule has 2 amide bonds. The van der Waals surface area contributed by atoms with Gasteiger partial charge in [0.25, 0.3) is 11.6 Å². The zero-order valence-corrected chi connectivity index (χ0v) is 18.8. The SMILES string of the molecule is CC(OC(=O)c1cccc(NC(=O)C2CC2)c1)C(=O)Nc1nc(-c2cccc([N+](=O)[O-])c2)cs1. The van der Waals surface area contributed by atoms with Crippen LogP contribution in [0, 0.1) is 16.0 Å². The van der Waals surface area contributed by atoms with E-state index >= 15 is 0 Å². The number of hydrogen-bond donors (Lipinski definition) is 2. The van der Waals surface area contributed by atoms with Gasteiger partial charge in [0.2, 0.25) is 5.91 Å². The van der Waals surface area contributed by atoms with Gasteiger partial charge in [-0.1, -0.05) is 18.2 Å². The van der Waals surface area contributed by atoms with Crippen molar-refractivity contribution < 1.29 is 24.0 Å². The van der Waals surface area contributed by atoms with Gasteiger partial charge in [0.15, 0.2) is 11.2 Å². The maximum absolute atomic E-state index is 12.5. The Morgan fingerprint density at radius 3 is 2.65 bits per heavy atom. The van der Waals surface area contributed by atoms with Crippen molar-refractivity contribution in [3.63, 3.8) is 0 Å². The van der Waals surface area contributed by atoms with Crippen LogP contribution in [0.2, 0.25) is 0 Å². The number of anilines is 2. The first kappa shape index (κ1) is 23.1. The molecule has 34 heavy (non-hydrogen) atoms. The van der Waals surface area contributed by atoms with E-state index in [9.17, 15) is 24.5 Å². The van der Waals surface area contributed by atoms with Gasteiger partial charge in [0.05, 0.1) is 16.2 Å². The van der Waals surface area contributed by atoms with Gasteiger partial charge >= 0.3 is 5.97 Å². The van der Waals surface area contributed by atoms with Crippen LogP contribution in [-0.4, -0.2) is 33.8 Å². The Morgan fingerprint density at radius 1 is 1.15 bits per heavy atom. The molecular formula is C23H20N4O6S. The average molecular weight is 481 g/mol. The summed E-state index contributed by atoms with van der Waals surface area (Å²) in [6.07, 6.45) is 0.625. The maximum atomic E-state index is 12.5. The Morgan fingerprint density at radius 2 is 1.91 bits per heavy atom. The van der Waals surface area contributed by atoms with Crippen LogP contribution < -0.4 is 10.6 Å². The van der Waals surface area contributed by atoms with Gasteiger partial charge in [-0.2, -0.15) is 0 Å². The van der Waals surface area contributed by atoms with Crippen molar-refractivity contribution in [1.82, 2.24) is 4.98 Å². The predicted molar refractivity (Wildman–Crippen MR) is 126 cm³/mol. The Balaban J connectivity index is 1.35. The summed E-state index contributed by atoms with van der Waals surface area (Å²) >= 11 is 1.14. The van der Waals surface area contributed by atoms with Crippen molar-refractivity contribution in [3.05, 3.63) is 69.6 Å². The molecule has 0 spiro atoms. The van der Waals surface area contributed by atoms with Crippen molar-refractivity contribution in [1.29, 1.82) is 0 Å². The van der Waals surface area contributed by atoms with Gasteiger partial charge in [-0.15, -0.1) is 11.3 Å². The Hall–Kier alpha value is -4.12. The molecule has 1 aliphatic rings. The molecule has 2 N–H and O–H groups in total. The first-order chi connectivity index (χ1) is 16.3. The monoisotopic (exact) mass is 480 g/mol. The minimum atomic E-state index is -1.11. The molecule has 0 aliphatic heterocycles. The third-order valence-corrected chi connectivity index (χ3v) is 5.81. The van der Waals surface area contributed by atoms with Crippen LogP contribution in [0.15, 0.2) is 53.9 Å². The molecule has 4 rings (SSSR count). The third-order valence-electron chi connectivity index (χ3n) is 5.05. The van der Waals surface area contributed by atoms with E-state index in [1.807, 2.05) is 0 Å². The van der Waals surface area contributed by atoms with E-state index in [2.05, 4.69) is 15.6 Å². The fourth-order valence-corrected chi connectivity index (χ4v) is 3.77.